The molecule has 0 saturated carbocycles. The maximum Gasteiger partial charge on any atom is 0.233 e. The largest absolute Gasteiger partial charge is 0.304 e. The summed E-state index contributed by atoms with van der Waals surface area (Å²) in [6.45, 7) is 27.6. The van der Waals surface area contributed by atoms with Gasteiger partial charge in [0.15, 0.2) is 0 Å². The second-order valence-electron chi connectivity index (χ2n) is 6.58. The van der Waals surface area contributed by atoms with Crippen LogP contribution in [-0.2, 0) is 4.79 Å². The summed E-state index contributed by atoms with van der Waals surface area (Å²) < 4.78 is 0. The van der Waals surface area contributed by atoms with Crippen molar-refractivity contribution in [3.05, 3.63) is 91.1 Å². The van der Waals surface area contributed by atoms with E-state index in [1.54, 1.807) is 6.08 Å². The van der Waals surface area contributed by atoms with Gasteiger partial charge >= 0.3 is 0 Å². The van der Waals surface area contributed by atoms with Crippen molar-refractivity contribution in [2.24, 2.45) is 5.92 Å². The fourth-order valence-electron chi connectivity index (χ4n) is 3.60. The first-order valence-corrected chi connectivity index (χ1v) is 13.9. The van der Waals surface area contributed by atoms with Gasteiger partial charge in [-0.05, 0) is 50.0 Å². The van der Waals surface area contributed by atoms with Crippen molar-refractivity contribution in [1.29, 1.82) is 0 Å². The van der Waals surface area contributed by atoms with Gasteiger partial charge in [-0.1, -0.05) is 123 Å². The summed E-state index contributed by atoms with van der Waals surface area (Å²) in [5, 5.41) is 0.0514. The highest BCUT2D eigenvalue weighted by atomic mass is 32.1. The number of carbonyl (C=O) groups excluding carboxylic acids is 1. The van der Waals surface area contributed by atoms with Crippen molar-refractivity contribution in [3.63, 3.8) is 0 Å². The van der Waals surface area contributed by atoms with Crippen LogP contribution >= 0.6 is 12.6 Å². The molecule has 1 heterocycles. The van der Waals surface area contributed by atoms with Crippen molar-refractivity contribution < 1.29 is 4.79 Å². The van der Waals surface area contributed by atoms with Gasteiger partial charge in [-0.25, -0.2) is 0 Å². The van der Waals surface area contributed by atoms with Crippen molar-refractivity contribution >= 4 is 24.2 Å². The zero-order chi connectivity index (χ0) is 27.8. The molecule has 3 atom stereocenters. The molecule has 2 nitrogen and oxygen atoms in total. The Balaban J connectivity index is -0.00000116. The molecule has 1 aromatic rings. The van der Waals surface area contributed by atoms with E-state index >= 15 is 0 Å². The first kappa shape index (κ1) is 37.3. The van der Waals surface area contributed by atoms with Crippen LogP contribution in [-0.4, -0.2) is 17.2 Å². The number of para-hydroxylation sites is 1. The fourth-order valence-corrected chi connectivity index (χ4v) is 3.94. The number of benzene rings is 1. The molecule has 0 spiro atoms. The molecule has 1 fully saturated rings. The van der Waals surface area contributed by atoms with E-state index in [1.165, 1.54) is 5.57 Å². The molecule has 0 aromatic heterocycles. The average Bonchev–Trinajstić information content (AvgIpc) is 2.94. The van der Waals surface area contributed by atoms with Crippen LogP contribution in [0.15, 0.2) is 91.1 Å². The third-order valence-electron chi connectivity index (χ3n) is 4.96. The maximum absolute atomic E-state index is 13.0. The van der Waals surface area contributed by atoms with Gasteiger partial charge in [0, 0.05) is 10.9 Å². The molecule has 35 heavy (non-hydrogen) atoms. The molecule has 1 saturated heterocycles. The lowest BCUT2D eigenvalue weighted by molar-refractivity contribution is -0.129. The molecule has 1 aromatic carbocycles. The van der Waals surface area contributed by atoms with E-state index in [2.05, 4.69) is 25.3 Å². The number of carbonyl (C=O) groups is 1. The highest BCUT2D eigenvalue weighted by molar-refractivity contribution is 7.81. The van der Waals surface area contributed by atoms with E-state index in [9.17, 15) is 4.79 Å². The molecule has 1 aliphatic rings. The van der Waals surface area contributed by atoms with Gasteiger partial charge in [0.2, 0.25) is 5.91 Å². The van der Waals surface area contributed by atoms with Gasteiger partial charge in [0.05, 0.1) is 12.0 Å². The predicted molar refractivity (Wildman–Crippen MR) is 166 cm³/mol. The second kappa shape index (κ2) is 24.9. The molecule has 0 radical (unpaired) electrons. The molecule has 3 heteroatoms. The van der Waals surface area contributed by atoms with Crippen LogP contribution in [0.2, 0.25) is 0 Å². The number of anilines is 1. The topological polar surface area (TPSA) is 20.3 Å². The fraction of sp³-hybridized carbons (Fsp3) is 0.469. The van der Waals surface area contributed by atoms with E-state index in [1.807, 2.05) is 123 Å². The molecule has 0 aliphatic carbocycles. The normalized spacial score (nSPS) is 17.6. The van der Waals surface area contributed by atoms with E-state index < -0.39 is 0 Å². The average molecular weight is 500 g/mol. The standard InChI is InChI=1S/C24H29NOS.4C2H6/c1-5-12-18(7-3)22(27)17-16-21-23(19(8-4)13-6-2)25(24(21)26)20-14-10-9-11-15-20;4*1-2/h5-15,21-23,27H,1,3,16-17H2,2,4H3;4*1-2H3/b13-6-,18-12+,19-8+;;;;. The predicted octanol–water partition coefficient (Wildman–Crippen LogP) is 10.0. The molecular weight excluding hydrogens is 446 g/mol. The van der Waals surface area contributed by atoms with Gasteiger partial charge < -0.3 is 4.90 Å². The summed E-state index contributed by atoms with van der Waals surface area (Å²) in [6.07, 6.45) is 13.3. The first-order chi connectivity index (χ1) is 17.1. The summed E-state index contributed by atoms with van der Waals surface area (Å²) >= 11 is 4.70. The SMILES string of the molecule is C=C/C=C(\C=C)C(S)CCC1C(=O)N(c2ccccc2)C1C(/C=C\C)=C/C.CC.CC.CC.CC. The Hall–Kier alpha value is -2.26. The van der Waals surface area contributed by atoms with E-state index in [4.69, 9.17) is 12.6 Å². The van der Waals surface area contributed by atoms with Gasteiger partial charge in [-0.2, -0.15) is 12.6 Å². The number of nitrogens with zero attached hydrogens (tertiary/aromatic N) is 1. The van der Waals surface area contributed by atoms with Crippen LogP contribution in [0.1, 0.15) is 82.1 Å². The Bertz CT molecular complexity index is 761. The molecule has 198 valence electrons. The summed E-state index contributed by atoms with van der Waals surface area (Å²) in [7, 11) is 0. The van der Waals surface area contributed by atoms with Gasteiger partial charge in [-0.3, -0.25) is 4.79 Å². The van der Waals surface area contributed by atoms with Crippen LogP contribution in [0.25, 0.3) is 0 Å². The van der Waals surface area contributed by atoms with Crippen LogP contribution < -0.4 is 4.90 Å². The van der Waals surface area contributed by atoms with Gasteiger partial charge in [0.1, 0.15) is 0 Å². The number of hydrogen-bond acceptors (Lipinski definition) is 2. The van der Waals surface area contributed by atoms with Crippen LogP contribution in [0.5, 0.6) is 0 Å². The van der Waals surface area contributed by atoms with E-state index in [-0.39, 0.29) is 23.1 Å². The van der Waals surface area contributed by atoms with Crippen molar-refractivity contribution in [1.82, 2.24) is 0 Å². The summed E-state index contributed by atoms with van der Waals surface area (Å²) in [5.41, 5.74) is 3.16. The van der Waals surface area contributed by atoms with E-state index in [0.29, 0.717) is 0 Å². The van der Waals surface area contributed by atoms with Crippen LogP contribution in [0.3, 0.4) is 0 Å². The number of hydrogen-bond donors (Lipinski definition) is 1. The quantitative estimate of drug-likeness (QED) is 0.203. The Morgan fingerprint density at radius 3 is 1.97 bits per heavy atom. The highest BCUT2D eigenvalue weighted by Gasteiger charge is 2.48. The lowest BCUT2D eigenvalue weighted by Gasteiger charge is -2.48. The van der Waals surface area contributed by atoms with Crippen molar-refractivity contribution in [2.75, 3.05) is 4.90 Å². The minimum Gasteiger partial charge on any atom is -0.304 e. The van der Waals surface area contributed by atoms with Crippen LogP contribution in [0.4, 0.5) is 5.69 Å². The van der Waals surface area contributed by atoms with Gasteiger partial charge in [-0.15, -0.1) is 0 Å². The van der Waals surface area contributed by atoms with Crippen LogP contribution in [0, 0.1) is 5.92 Å². The van der Waals surface area contributed by atoms with Crippen molar-refractivity contribution in [3.8, 4) is 0 Å². The highest BCUT2D eigenvalue weighted by Crippen LogP contribution is 2.40. The minimum atomic E-state index is -0.0305. The molecule has 1 aliphatic heterocycles. The Labute approximate surface area is 224 Å². The molecule has 1 amide bonds. The Morgan fingerprint density at radius 2 is 1.54 bits per heavy atom. The number of allylic oxidation sites excluding steroid dienone is 5. The van der Waals surface area contributed by atoms with Gasteiger partial charge in [0.25, 0.3) is 0 Å². The Morgan fingerprint density at radius 1 is 1.00 bits per heavy atom. The monoisotopic (exact) mass is 499 g/mol. The lowest BCUT2D eigenvalue weighted by atomic mass is 9.78. The summed E-state index contributed by atoms with van der Waals surface area (Å²) in [5.74, 6) is 0.153. The molecular formula is C32H53NOS. The summed E-state index contributed by atoms with van der Waals surface area (Å²) in [6, 6.07) is 9.97. The first-order valence-electron chi connectivity index (χ1n) is 13.4. The molecule has 3 unspecified atom stereocenters. The zero-order valence-electron chi connectivity index (χ0n) is 24.2. The third kappa shape index (κ3) is 11.8. The second-order valence-corrected chi connectivity index (χ2v) is 7.21. The smallest absolute Gasteiger partial charge is 0.233 e. The summed E-state index contributed by atoms with van der Waals surface area (Å²) in [4.78, 5) is 14.9. The van der Waals surface area contributed by atoms with Crippen molar-refractivity contribution in [2.45, 2.75) is 93.4 Å². The molecule has 2 rings (SSSR count). The third-order valence-corrected chi connectivity index (χ3v) is 5.52. The molecule has 0 N–H and O–H groups in total. The zero-order valence-corrected chi connectivity index (χ0v) is 25.1. The number of β-lactam (4-membered cyclic amide) rings is 1. The molecule has 0 bridgehead atoms. The number of thiol groups is 1. The number of amides is 1. The number of rotatable bonds is 9. The Kier molecular flexibility index (Phi) is 26.5. The van der Waals surface area contributed by atoms with E-state index in [0.717, 1.165) is 24.1 Å². The minimum absolute atomic E-state index is 0.0305. The lowest BCUT2D eigenvalue weighted by Crippen LogP contribution is -2.62. The maximum atomic E-state index is 13.0.